The van der Waals surface area contributed by atoms with Crippen molar-refractivity contribution < 1.29 is 33.1 Å². The standard InChI is InChI=1S/C19H22N2O7/c1-9-14(19(25)26-5)10(2)20-15(9)16(22)12(4)28-18(24)11(3)21-17(23)13-7-6-8-27-13/h6-8,11-12,20H,1-5H3,(H,21,23)/t11-,12+/m0/s1. The van der Waals surface area contributed by atoms with Crippen molar-refractivity contribution in [1.29, 1.82) is 0 Å². The smallest absolute Gasteiger partial charge is 0.339 e. The van der Waals surface area contributed by atoms with E-state index in [4.69, 9.17) is 13.9 Å². The Morgan fingerprint density at radius 3 is 2.43 bits per heavy atom. The van der Waals surface area contributed by atoms with E-state index in [-0.39, 0.29) is 17.0 Å². The number of ether oxygens (including phenoxy) is 2. The van der Waals surface area contributed by atoms with Gasteiger partial charge in [-0.1, -0.05) is 0 Å². The molecule has 2 rings (SSSR count). The minimum atomic E-state index is -1.13. The number of amides is 1. The highest BCUT2D eigenvalue weighted by Gasteiger charge is 2.29. The number of aromatic nitrogens is 1. The van der Waals surface area contributed by atoms with Crippen molar-refractivity contribution in [2.24, 2.45) is 0 Å². The molecule has 0 unspecified atom stereocenters. The van der Waals surface area contributed by atoms with Gasteiger partial charge in [0.2, 0.25) is 5.78 Å². The Hall–Kier alpha value is -3.36. The maximum Gasteiger partial charge on any atom is 0.339 e. The molecular weight excluding hydrogens is 368 g/mol. The van der Waals surface area contributed by atoms with Crippen LogP contribution in [0, 0.1) is 13.8 Å². The zero-order chi connectivity index (χ0) is 21.0. The maximum atomic E-state index is 12.6. The number of nitrogens with one attached hydrogen (secondary N) is 2. The van der Waals surface area contributed by atoms with Crippen LogP contribution in [0.4, 0.5) is 0 Å². The number of hydrogen-bond donors (Lipinski definition) is 2. The highest BCUT2D eigenvalue weighted by molar-refractivity contribution is 6.04. The third-order valence-electron chi connectivity index (χ3n) is 4.18. The van der Waals surface area contributed by atoms with Crippen molar-refractivity contribution in [3.63, 3.8) is 0 Å². The Labute approximate surface area is 161 Å². The molecule has 0 saturated carbocycles. The van der Waals surface area contributed by atoms with Crippen LogP contribution in [0.5, 0.6) is 0 Å². The molecule has 9 nitrogen and oxygen atoms in total. The molecule has 0 spiro atoms. The molecule has 0 fully saturated rings. The number of hydrogen-bond acceptors (Lipinski definition) is 7. The molecule has 28 heavy (non-hydrogen) atoms. The lowest BCUT2D eigenvalue weighted by molar-refractivity contribution is -0.148. The van der Waals surface area contributed by atoms with Gasteiger partial charge >= 0.3 is 11.9 Å². The number of H-pyrrole nitrogens is 1. The van der Waals surface area contributed by atoms with Crippen LogP contribution in [0.1, 0.15) is 56.5 Å². The Bertz CT molecular complexity index is 896. The van der Waals surface area contributed by atoms with Gasteiger partial charge in [-0.2, -0.15) is 0 Å². The molecule has 0 aliphatic rings. The maximum absolute atomic E-state index is 12.6. The van der Waals surface area contributed by atoms with Crippen LogP contribution >= 0.6 is 0 Å². The zero-order valence-electron chi connectivity index (χ0n) is 16.2. The third kappa shape index (κ3) is 4.30. The molecule has 1 amide bonds. The number of carbonyl (C=O) groups is 4. The van der Waals surface area contributed by atoms with Gasteiger partial charge in [-0.05, 0) is 45.4 Å². The van der Waals surface area contributed by atoms with E-state index < -0.39 is 35.8 Å². The average Bonchev–Trinajstić information content (AvgIpc) is 3.28. The lowest BCUT2D eigenvalue weighted by Gasteiger charge is -2.16. The molecule has 2 aromatic heterocycles. The van der Waals surface area contributed by atoms with E-state index in [2.05, 4.69) is 10.3 Å². The van der Waals surface area contributed by atoms with E-state index in [1.165, 1.54) is 33.3 Å². The minimum Gasteiger partial charge on any atom is -0.465 e. The largest absolute Gasteiger partial charge is 0.465 e. The van der Waals surface area contributed by atoms with E-state index in [1.54, 1.807) is 19.9 Å². The van der Waals surface area contributed by atoms with Gasteiger partial charge in [0, 0.05) is 5.69 Å². The summed E-state index contributed by atoms with van der Waals surface area (Å²) < 4.78 is 14.8. The molecule has 2 heterocycles. The minimum absolute atomic E-state index is 0.0524. The van der Waals surface area contributed by atoms with Gasteiger partial charge < -0.3 is 24.2 Å². The molecule has 0 radical (unpaired) electrons. The first-order valence-electron chi connectivity index (χ1n) is 8.53. The summed E-state index contributed by atoms with van der Waals surface area (Å²) in [5.41, 5.74) is 1.32. The van der Waals surface area contributed by atoms with Crippen LogP contribution in [0.15, 0.2) is 22.8 Å². The number of aryl methyl sites for hydroxylation is 1. The summed E-state index contributed by atoms with van der Waals surface area (Å²) in [5.74, 6) is -2.38. The van der Waals surface area contributed by atoms with E-state index in [9.17, 15) is 19.2 Å². The summed E-state index contributed by atoms with van der Waals surface area (Å²) in [6.45, 7) is 6.08. The molecule has 0 saturated heterocycles. The fourth-order valence-electron chi connectivity index (χ4n) is 2.67. The van der Waals surface area contributed by atoms with Crippen LogP contribution in [0.2, 0.25) is 0 Å². The van der Waals surface area contributed by atoms with Crippen molar-refractivity contribution in [1.82, 2.24) is 10.3 Å². The molecule has 9 heteroatoms. The predicted octanol–water partition coefficient (Wildman–Crippen LogP) is 1.94. The van der Waals surface area contributed by atoms with Gasteiger partial charge in [-0.15, -0.1) is 0 Å². The first-order valence-corrected chi connectivity index (χ1v) is 8.53. The Morgan fingerprint density at radius 1 is 1.18 bits per heavy atom. The summed E-state index contributed by atoms with van der Waals surface area (Å²) in [6.07, 6.45) is 0.208. The third-order valence-corrected chi connectivity index (χ3v) is 4.18. The van der Waals surface area contributed by atoms with Gasteiger partial charge in [0.05, 0.1) is 24.6 Å². The number of carbonyl (C=O) groups excluding carboxylic acids is 4. The summed E-state index contributed by atoms with van der Waals surface area (Å²) >= 11 is 0. The first-order chi connectivity index (χ1) is 13.2. The molecule has 2 N–H and O–H groups in total. The van der Waals surface area contributed by atoms with E-state index in [1.807, 2.05) is 0 Å². The predicted molar refractivity (Wildman–Crippen MR) is 97.1 cm³/mol. The number of methoxy groups -OCH3 is 1. The highest BCUT2D eigenvalue weighted by atomic mass is 16.5. The fraction of sp³-hybridized carbons (Fsp3) is 0.368. The van der Waals surface area contributed by atoms with Gasteiger partial charge in [0.15, 0.2) is 11.9 Å². The fourth-order valence-corrected chi connectivity index (χ4v) is 2.67. The van der Waals surface area contributed by atoms with Crippen molar-refractivity contribution in [3.8, 4) is 0 Å². The molecule has 0 aliphatic carbocycles. The molecule has 0 aliphatic heterocycles. The summed E-state index contributed by atoms with van der Waals surface area (Å²) in [7, 11) is 1.25. The number of esters is 2. The highest BCUT2D eigenvalue weighted by Crippen LogP contribution is 2.21. The molecular formula is C19H22N2O7. The van der Waals surface area contributed by atoms with E-state index in [0.717, 1.165) is 0 Å². The second kappa shape index (κ2) is 8.55. The molecule has 0 bridgehead atoms. The van der Waals surface area contributed by atoms with Crippen molar-refractivity contribution in [2.75, 3.05) is 7.11 Å². The van der Waals surface area contributed by atoms with Crippen molar-refractivity contribution in [3.05, 3.63) is 46.7 Å². The summed E-state index contributed by atoms with van der Waals surface area (Å²) in [5, 5.41) is 2.43. The van der Waals surface area contributed by atoms with E-state index in [0.29, 0.717) is 11.3 Å². The number of Topliss-reactive ketones (excluding diaryl/α,β-unsaturated/α-hetero) is 1. The first kappa shape index (κ1) is 20.9. The SMILES string of the molecule is COC(=O)c1c(C)[nH]c(C(=O)[C@@H](C)OC(=O)[C@H](C)NC(=O)c2ccco2)c1C. The van der Waals surface area contributed by atoms with Crippen LogP contribution in [-0.2, 0) is 14.3 Å². The molecule has 0 aromatic carbocycles. The lowest BCUT2D eigenvalue weighted by Crippen LogP contribution is -2.41. The molecule has 2 atom stereocenters. The van der Waals surface area contributed by atoms with Gasteiger partial charge in [0.25, 0.3) is 5.91 Å². The van der Waals surface area contributed by atoms with E-state index >= 15 is 0 Å². The number of ketones is 1. The average molecular weight is 390 g/mol. The van der Waals surface area contributed by atoms with Gasteiger partial charge in [-0.25, -0.2) is 9.59 Å². The van der Waals surface area contributed by atoms with Crippen LogP contribution in [0.25, 0.3) is 0 Å². The normalized spacial score (nSPS) is 12.8. The second-order valence-electron chi connectivity index (χ2n) is 6.23. The quantitative estimate of drug-likeness (QED) is 0.546. The topological polar surface area (TPSA) is 128 Å². The second-order valence-corrected chi connectivity index (χ2v) is 6.23. The Balaban J connectivity index is 2.04. The molecule has 150 valence electrons. The Morgan fingerprint density at radius 2 is 1.86 bits per heavy atom. The van der Waals surface area contributed by atoms with Gasteiger partial charge in [0.1, 0.15) is 6.04 Å². The monoisotopic (exact) mass is 390 g/mol. The van der Waals surface area contributed by atoms with Crippen LogP contribution < -0.4 is 5.32 Å². The summed E-state index contributed by atoms with van der Waals surface area (Å²) in [4.78, 5) is 51.4. The van der Waals surface area contributed by atoms with Crippen LogP contribution in [-0.4, -0.2) is 47.9 Å². The van der Waals surface area contributed by atoms with Crippen LogP contribution in [0.3, 0.4) is 0 Å². The Kier molecular flexibility index (Phi) is 6.40. The number of furan rings is 1. The lowest BCUT2D eigenvalue weighted by atomic mass is 10.1. The van der Waals surface area contributed by atoms with Gasteiger partial charge in [-0.3, -0.25) is 9.59 Å². The van der Waals surface area contributed by atoms with Crippen molar-refractivity contribution in [2.45, 2.75) is 39.8 Å². The molecule has 2 aromatic rings. The zero-order valence-corrected chi connectivity index (χ0v) is 16.2. The number of rotatable bonds is 7. The summed E-state index contributed by atoms with van der Waals surface area (Å²) in [6, 6.07) is 2.00. The number of aromatic amines is 1. The van der Waals surface area contributed by atoms with Crippen molar-refractivity contribution >= 4 is 23.6 Å².